The Bertz CT molecular complexity index is 759. The van der Waals surface area contributed by atoms with E-state index in [1.54, 1.807) is 17.0 Å². The molecule has 3 rings (SSSR count). The molecule has 6 heteroatoms. The third-order valence-electron chi connectivity index (χ3n) is 4.81. The Labute approximate surface area is 157 Å². The normalized spacial score (nSPS) is 18.3. The highest BCUT2D eigenvalue weighted by Gasteiger charge is 2.33. The Balaban J connectivity index is 1.81. The molecule has 1 fully saturated rings. The van der Waals surface area contributed by atoms with Crippen LogP contribution in [0.2, 0.25) is 0 Å². The minimum Gasteiger partial charge on any atom is -0.336 e. The molecule has 1 aromatic heterocycles. The smallest absolute Gasteiger partial charge is 0.254 e. The average molecular weight is 374 g/mol. The van der Waals surface area contributed by atoms with Gasteiger partial charge in [0, 0.05) is 31.4 Å². The molecular formula is C20H23FN2O2S. The summed E-state index contributed by atoms with van der Waals surface area (Å²) in [6, 6.07) is 7.99. The summed E-state index contributed by atoms with van der Waals surface area (Å²) in [6.45, 7) is 5.50. The van der Waals surface area contributed by atoms with Crippen LogP contribution in [0.4, 0.5) is 4.39 Å². The van der Waals surface area contributed by atoms with Crippen LogP contribution in [0.5, 0.6) is 0 Å². The summed E-state index contributed by atoms with van der Waals surface area (Å²) in [4.78, 5) is 29.2. The molecule has 1 saturated heterocycles. The number of nitrogens with zero attached hydrogens (tertiary/aromatic N) is 2. The lowest BCUT2D eigenvalue weighted by molar-refractivity contribution is -0.134. The van der Waals surface area contributed by atoms with E-state index in [0.717, 1.165) is 5.56 Å². The number of halogens is 1. The third-order valence-corrected chi connectivity index (χ3v) is 5.50. The van der Waals surface area contributed by atoms with E-state index < -0.39 is 0 Å². The number of carbonyl (C=O) groups is 2. The number of carbonyl (C=O) groups excluding carboxylic acids is 2. The van der Waals surface area contributed by atoms with E-state index in [1.807, 2.05) is 21.7 Å². The summed E-state index contributed by atoms with van der Waals surface area (Å²) in [5.41, 5.74) is 1.57. The Kier molecular flexibility index (Phi) is 5.71. The van der Waals surface area contributed by atoms with Gasteiger partial charge < -0.3 is 9.80 Å². The first-order valence-electron chi connectivity index (χ1n) is 8.81. The van der Waals surface area contributed by atoms with Gasteiger partial charge >= 0.3 is 0 Å². The topological polar surface area (TPSA) is 40.6 Å². The number of amides is 2. The minimum absolute atomic E-state index is 0.0201. The van der Waals surface area contributed by atoms with Gasteiger partial charge in [-0.3, -0.25) is 9.59 Å². The van der Waals surface area contributed by atoms with Crippen LogP contribution in [0, 0.1) is 11.7 Å². The summed E-state index contributed by atoms with van der Waals surface area (Å²) in [5.74, 6) is -0.0684. The molecule has 0 radical (unpaired) electrons. The second-order valence-corrected chi connectivity index (χ2v) is 7.75. The van der Waals surface area contributed by atoms with Crippen LogP contribution >= 0.6 is 11.3 Å². The molecule has 0 spiro atoms. The van der Waals surface area contributed by atoms with Gasteiger partial charge in [0.2, 0.25) is 5.91 Å². The fourth-order valence-electron chi connectivity index (χ4n) is 3.29. The van der Waals surface area contributed by atoms with Crippen LogP contribution in [-0.2, 0) is 11.3 Å². The predicted octanol–water partition coefficient (Wildman–Crippen LogP) is 3.79. The lowest BCUT2D eigenvalue weighted by atomic mass is 10.0. The quantitative estimate of drug-likeness (QED) is 0.817. The SMILES string of the molecule is CC(C)C1CN(C(=O)c2ccsc2)CCC(=O)N1Cc1ccc(F)cc1. The van der Waals surface area contributed by atoms with Crippen molar-refractivity contribution >= 4 is 23.2 Å². The Hall–Kier alpha value is -2.21. The summed E-state index contributed by atoms with van der Waals surface area (Å²) in [6.07, 6.45) is 0.306. The molecule has 2 aromatic rings. The van der Waals surface area contributed by atoms with Crippen molar-refractivity contribution in [2.45, 2.75) is 32.9 Å². The van der Waals surface area contributed by atoms with Crippen molar-refractivity contribution in [3.05, 3.63) is 58.0 Å². The molecule has 1 aromatic carbocycles. The first-order valence-corrected chi connectivity index (χ1v) is 9.75. The second kappa shape index (κ2) is 7.99. The van der Waals surface area contributed by atoms with Crippen molar-refractivity contribution in [1.29, 1.82) is 0 Å². The van der Waals surface area contributed by atoms with E-state index in [0.29, 0.717) is 31.6 Å². The van der Waals surface area contributed by atoms with Crippen LogP contribution in [0.25, 0.3) is 0 Å². The van der Waals surface area contributed by atoms with Gasteiger partial charge in [0.1, 0.15) is 5.82 Å². The van der Waals surface area contributed by atoms with Gasteiger partial charge in [0.05, 0.1) is 11.6 Å². The average Bonchev–Trinajstić information content (AvgIpc) is 3.10. The summed E-state index contributed by atoms with van der Waals surface area (Å²) in [7, 11) is 0. The maximum Gasteiger partial charge on any atom is 0.254 e. The molecule has 0 N–H and O–H groups in total. The van der Waals surface area contributed by atoms with E-state index >= 15 is 0 Å². The zero-order valence-electron chi connectivity index (χ0n) is 15.0. The fourth-order valence-corrected chi connectivity index (χ4v) is 3.92. The Morgan fingerprint density at radius 3 is 2.62 bits per heavy atom. The molecule has 0 saturated carbocycles. The second-order valence-electron chi connectivity index (χ2n) is 6.97. The highest BCUT2D eigenvalue weighted by Crippen LogP contribution is 2.22. The first kappa shape index (κ1) is 18.6. The largest absolute Gasteiger partial charge is 0.336 e. The molecule has 1 atom stereocenters. The molecule has 2 amide bonds. The van der Waals surface area contributed by atoms with Crippen molar-refractivity contribution in [1.82, 2.24) is 9.80 Å². The van der Waals surface area contributed by atoms with Gasteiger partial charge in [-0.25, -0.2) is 4.39 Å². The molecule has 2 heterocycles. The monoisotopic (exact) mass is 374 g/mol. The van der Waals surface area contributed by atoms with Crippen molar-refractivity contribution in [3.63, 3.8) is 0 Å². The number of hydrogen-bond donors (Lipinski definition) is 0. The molecule has 1 aliphatic heterocycles. The standard InChI is InChI=1S/C20H23FN2O2S/c1-14(2)18-12-22(20(25)16-8-10-26-13-16)9-7-19(24)23(18)11-15-3-5-17(21)6-4-15/h3-6,8,10,13-14,18H,7,9,11-12H2,1-2H3. The Morgan fingerprint density at radius 2 is 2.00 bits per heavy atom. The molecule has 1 aliphatic rings. The number of hydrogen-bond acceptors (Lipinski definition) is 3. The van der Waals surface area contributed by atoms with E-state index in [-0.39, 0.29) is 29.6 Å². The van der Waals surface area contributed by atoms with Gasteiger partial charge in [-0.05, 0) is 35.1 Å². The molecular weight excluding hydrogens is 351 g/mol. The van der Waals surface area contributed by atoms with Crippen LogP contribution in [0.15, 0.2) is 41.1 Å². The van der Waals surface area contributed by atoms with Crippen LogP contribution in [0.3, 0.4) is 0 Å². The molecule has 0 aliphatic carbocycles. The van der Waals surface area contributed by atoms with Gasteiger partial charge in [-0.15, -0.1) is 0 Å². The van der Waals surface area contributed by atoms with Crippen molar-refractivity contribution < 1.29 is 14.0 Å². The highest BCUT2D eigenvalue weighted by molar-refractivity contribution is 7.08. The van der Waals surface area contributed by atoms with Gasteiger partial charge in [0.25, 0.3) is 5.91 Å². The summed E-state index contributed by atoms with van der Waals surface area (Å²) < 4.78 is 13.2. The van der Waals surface area contributed by atoms with Gasteiger partial charge in [-0.2, -0.15) is 11.3 Å². The molecule has 1 unspecified atom stereocenters. The van der Waals surface area contributed by atoms with Gasteiger partial charge in [-0.1, -0.05) is 26.0 Å². The summed E-state index contributed by atoms with van der Waals surface area (Å²) >= 11 is 1.49. The van der Waals surface area contributed by atoms with E-state index in [4.69, 9.17) is 0 Å². The highest BCUT2D eigenvalue weighted by atomic mass is 32.1. The third kappa shape index (κ3) is 4.12. The molecule has 26 heavy (non-hydrogen) atoms. The van der Waals surface area contributed by atoms with Crippen LogP contribution < -0.4 is 0 Å². The lowest BCUT2D eigenvalue weighted by Gasteiger charge is -2.34. The minimum atomic E-state index is -0.288. The van der Waals surface area contributed by atoms with E-state index in [9.17, 15) is 14.0 Å². The number of thiophene rings is 1. The fraction of sp³-hybridized carbons (Fsp3) is 0.400. The van der Waals surface area contributed by atoms with Crippen molar-refractivity contribution in [2.75, 3.05) is 13.1 Å². The molecule has 138 valence electrons. The van der Waals surface area contributed by atoms with Crippen molar-refractivity contribution in [2.24, 2.45) is 5.92 Å². The maximum absolute atomic E-state index is 13.2. The number of rotatable bonds is 4. The van der Waals surface area contributed by atoms with Crippen LogP contribution in [-0.4, -0.2) is 40.7 Å². The maximum atomic E-state index is 13.2. The van der Waals surface area contributed by atoms with Crippen molar-refractivity contribution in [3.8, 4) is 0 Å². The number of benzene rings is 1. The summed E-state index contributed by atoms with van der Waals surface area (Å²) in [5, 5.41) is 3.73. The Morgan fingerprint density at radius 1 is 1.27 bits per heavy atom. The van der Waals surface area contributed by atoms with Gasteiger partial charge in [0.15, 0.2) is 0 Å². The molecule has 0 bridgehead atoms. The first-order chi connectivity index (χ1) is 12.5. The van der Waals surface area contributed by atoms with E-state index in [1.165, 1.54) is 23.5 Å². The lowest BCUT2D eigenvalue weighted by Crippen LogP contribution is -2.47. The molecule has 4 nitrogen and oxygen atoms in total. The zero-order valence-corrected chi connectivity index (χ0v) is 15.8. The predicted molar refractivity (Wildman–Crippen MR) is 100 cm³/mol. The van der Waals surface area contributed by atoms with Crippen LogP contribution in [0.1, 0.15) is 36.2 Å². The van der Waals surface area contributed by atoms with E-state index in [2.05, 4.69) is 13.8 Å². The zero-order chi connectivity index (χ0) is 18.7.